The Morgan fingerprint density at radius 2 is 1.86 bits per heavy atom. The molecule has 0 aromatic carbocycles. The molecule has 0 aliphatic carbocycles. The Morgan fingerprint density at radius 3 is 2.21 bits per heavy atom. The molecule has 0 aromatic rings. The average molecular weight is 218 g/mol. The SMILES string of the molecule is CSCC(C)N(C)CC(CN)C(C)C. The van der Waals surface area contributed by atoms with Crippen LogP contribution in [0.5, 0.6) is 0 Å². The first-order valence-corrected chi connectivity index (χ1v) is 6.81. The number of nitrogens with zero attached hydrogens (tertiary/aromatic N) is 1. The van der Waals surface area contributed by atoms with E-state index in [0.717, 1.165) is 13.1 Å². The quantitative estimate of drug-likeness (QED) is 0.708. The summed E-state index contributed by atoms with van der Waals surface area (Å²) in [6, 6.07) is 0.651. The van der Waals surface area contributed by atoms with E-state index in [4.69, 9.17) is 5.73 Å². The van der Waals surface area contributed by atoms with Gasteiger partial charge in [0, 0.05) is 18.3 Å². The van der Waals surface area contributed by atoms with E-state index in [1.54, 1.807) is 0 Å². The summed E-state index contributed by atoms with van der Waals surface area (Å²) >= 11 is 1.91. The largest absolute Gasteiger partial charge is 0.330 e. The van der Waals surface area contributed by atoms with Crippen molar-refractivity contribution >= 4 is 11.8 Å². The molecular formula is C11H26N2S. The van der Waals surface area contributed by atoms with E-state index in [9.17, 15) is 0 Å². The zero-order valence-corrected chi connectivity index (χ0v) is 11.1. The van der Waals surface area contributed by atoms with E-state index < -0.39 is 0 Å². The molecule has 2 atom stereocenters. The smallest absolute Gasteiger partial charge is 0.0155 e. The second-order valence-corrected chi connectivity index (χ2v) is 5.39. The Morgan fingerprint density at radius 1 is 1.29 bits per heavy atom. The molecule has 0 rings (SSSR count). The first-order valence-electron chi connectivity index (χ1n) is 5.42. The van der Waals surface area contributed by atoms with Crippen LogP contribution in [0.4, 0.5) is 0 Å². The Balaban J connectivity index is 3.94. The third-order valence-electron chi connectivity index (χ3n) is 2.93. The highest BCUT2D eigenvalue weighted by atomic mass is 32.2. The number of rotatable bonds is 7. The number of thioether (sulfide) groups is 1. The van der Waals surface area contributed by atoms with Crippen molar-refractivity contribution in [3.05, 3.63) is 0 Å². The molecule has 0 amide bonds. The number of nitrogens with two attached hydrogens (primary N) is 1. The molecule has 2 N–H and O–H groups in total. The van der Waals surface area contributed by atoms with E-state index in [1.165, 1.54) is 5.75 Å². The summed E-state index contributed by atoms with van der Waals surface area (Å²) in [6.45, 7) is 8.71. The van der Waals surface area contributed by atoms with Crippen molar-refractivity contribution < 1.29 is 0 Å². The van der Waals surface area contributed by atoms with Crippen molar-refractivity contribution in [2.75, 3.05) is 32.1 Å². The average Bonchev–Trinajstić information content (AvgIpc) is 2.13. The number of hydrogen-bond acceptors (Lipinski definition) is 3. The van der Waals surface area contributed by atoms with E-state index in [0.29, 0.717) is 17.9 Å². The van der Waals surface area contributed by atoms with Gasteiger partial charge in [0.1, 0.15) is 0 Å². The van der Waals surface area contributed by atoms with Gasteiger partial charge in [0.05, 0.1) is 0 Å². The maximum atomic E-state index is 5.76. The van der Waals surface area contributed by atoms with Crippen molar-refractivity contribution in [2.24, 2.45) is 17.6 Å². The lowest BCUT2D eigenvalue weighted by molar-refractivity contribution is 0.207. The molecule has 0 spiro atoms. The molecule has 2 nitrogen and oxygen atoms in total. The Hall–Kier alpha value is 0.270. The van der Waals surface area contributed by atoms with Gasteiger partial charge >= 0.3 is 0 Å². The predicted octanol–water partition coefficient (Wildman–Crippen LogP) is 1.90. The van der Waals surface area contributed by atoms with Gasteiger partial charge in [-0.2, -0.15) is 11.8 Å². The van der Waals surface area contributed by atoms with Crippen LogP contribution in [0.25, 0.3) is 0 Å². The third-order valence-corrected chi connectivity index (χ3v) is 3.74. The fraction of sp³-hybridized carbons (Fsp3) is 1.00. The standard InChI is InChI=1S/C11H26N2S/c1-9(2)11(6-12)7-13(4)10(3)8-14-5/h9-11H,6-8,12H2,1-5H3. The third kappa shape index (κ3) is 5.23. The highest BCUT2D eigenvalue weighted by Crippen LogP contribution is 2.13. The van der Waals surface area contributed by atoms with E-state index >= 15 is 0 Å². The lowest BCUT2D eigenvalue weighted by Gasteiger charge is -2.30. The van der Waals surface area contributed by atoms with Gasteiger partial charge < -0.3 is 10.6 Å². The summed E-state index contributed by atoms with van der Waals surface area (Å²) in [5.74, 6) is 2.51. The van der Waals surface area contributed by atoms with Gasteiger partial charge in [-0.1, -0.05) is 13.8 Å². The number of hydrogen-bond donors (Lipinski definition) is 1. The Bertz CT molecular complexity index is 139. The van der Waals surface area contributed by atoms with Gasteiger partial charge in [-0.05, 0) is 38.6 Å². The second kappa shape index (κ2) is 7.55. The molecule has 0 saturated heterocycles. The van der Waals surface area contributed by atoms with Gasteiger partial charge in [0.2, 0.25) is 0 Å². The minimum absolute atomic E-state index is 0.629. The molecule has 3 heteroatoms. The molecule has 0 saturated carbocycles. The zero-order valence-electron chi connectivity index (χ0n) is 10.3. The van der Waals surface area contributed by atoms with Crippen molar-refractivity contribution in [1.29, 1.82) is 0 Å². The summed E-state index contributed by atoms with van der Waals surface area (Å²) in [7, 11) is 2.20. The first-order chi connectivity index (χ1) is 6.52. The van der Waals surface area contributed by atoms with Gasteiger partial charge in [0.25, 0.3) is 0 Å². The fourth-order valence-electron chi connectivity index (χ4n) is 1.48. The fourth-order valence-corrected chi connectivity index (χ4v) is 2.21. The van der Waals surface area contributed by atoms with E-state index in [-0.39, 0.29) is 0 Å². The van der Waals surface area contributed by atoms with Crippen LogP contribution >= 0.6 is 11.8 Å². The van der Waals surface area contributed by atoms with Crippen LogP contribution in [0.3, 0.4) is 0 Å². The molecule has 14 heavy (non-hydrogen) atoms. The molecule has 0 aromatic heterocycles. The lowest BCUT2D eigenvalue weighted by atomic mass is 9.95. The summed E-state index contributed by atoms with van der Waals surface area (Å²) in [6.07, 6.45) is 2.16. The minimum Gasteiger partial charge on any atom is -0.330 e. The van der Waals surface area contributed by atoms with Crippen LogP contribution < -0.4 is 5.73 Å². The van der Waals surface area contributed by atoms with Crippen molar-refractivity contribution in [1.82, 2.24) is 4.90 Å². The van der Waals surface area contributed by atoms with E-state index in [1.807, 2.05) is 11.8 Å². The summed E-state index contributed by atoms with van der Waals surface area (Å²) in [5.41, 5.74) is 5.76. The topological polar surface area (TPSA) is 29.3 Å². The molecule has 86 valence electrons. The molecule has 0 aliphatic heterocycles. The molecule has 0 radical (unpaired) electrons. The molecule has 0 aliphatic rings. The minimum atomic E-state index is 0.629. The zero-order chi connectivity index (χ0) is 11.1. The first kappa shape index (κ1) is 14.3. The second-order valence-electron chi connectivity index (χ2n) is 4.48. The van der Waals surface area contributed by atoms with Crippen molar-refractivity contribution in [3.8, 4) is 0 Å². The predicted molar refractivity (Wildman–Crippen MR) is 67.9 cm³/mol. The summed E-state index contributed by atoms with van der Waals surface area (Å²) in [4.78, 5) is 2.42. The van der Waals surface area contributed by atoms with Crippen molar-refractivity contribution in [3.63, 3.8) is 0 Å². The Kier molecular flexibility index (Phi) is 7.69. The van der Waals surface area contributed by atoms with Crippen LogP contribution in [0.1, 0.15) is 20.8 Å². The van der Waals surface area contributed by atoms with Gasteiger partial charge in [-0.3, -0.25) is 0 Å². The van der Waals surface area contributed by atoms with Crippen LogP contribution in [0, 0.1) is 11.8 Å². The van der Waals surface area contributed by atoms with Crippen LogP contribution in [0.15, 0.2) is 0 Å². The monoisotopic (exact) mass is 218 g/mol. The van der Waals surface area contributed by atoms with Gasteiger partial charge in [-0.15, -0.1) is 0 Å². The maximum Gasteiger partial charge on any atom is 0.0155 e. The maximum absolute atomic E-state index is 5.76. The Labute approximate surface area is 93.6 Å². The van der Waals surface area contributed by atoms with Crippen molar-refractivity contribution in [2.45, 2.75) is 26.8 Å². The normalized spacial score (nSPS) is 16.3. The molecular weight excluding hydrogens is 192 g/mol. The van der Waals surface area contributed by atoms with Crippen LogP contribution in [0.2, 0.25) is 0 Å². The lowest BCUT2D eigenvalue weighted by Crippen LogP contribution is -2.39. The van der Waals surface area contributed by atoms with E-state index in [2.05, 4.69) is 39.0 Å². The molecule has 0 bridgehead atoms. The summed E-state index contributed by atoms with van der Waals surface area (Å²) < 4.78 is 0. The highest BCUT2D eigenvalue weighted by Gasteiger charge is 2.16. The van der Waals surface area contributed by atoms with Crippen LogP contribution in [-0.2, 0) is 0 Å². The summed E-state index contributed by atoms with van der Waals surface area (Å²) in [5, 5.41) is 0. The van der Waals surface area contributed by atoms with Crippen LogP contribution in [-0.4, -0.2) is 43.1 Å². The van der Waals surface area contributed by atoms with Gasteiger partial charge in [0.15, 0.2) is 0 Å². The molecule has 2 unspecified atom stereocenters. The highest BCUT2D eigenvalue weighted by molar-refractivity contribution is 7.98. The van der Waals surface area contributed by atoms with Gasteiger partial charge in [-0.25, -0.2) is 0 Å². The molecule has 0 heterocycles. The molecule has 0 fully saturated rings.